The monoisotopic (exact) mass is 334 g/mol. The van der Waals surface area contributed by atoms with Crippen LogP contribution in [0.4, 0.5) is 0 Å². The van der Waals surface area contributed by atoms with Gasteiger partial charge < -0.3 is 9.80 Å². The molecule has 0 bridgehead atoms. The maximum atomic E-state index is 12.9. The lowest BCUT2D eigenvalue weighted by molar-refractivity contribution is -0.151. The fourth-order valence-electron chi connectivity index (χ4n) is 4.91. The maximum Gasteiger partial charge on any atom is 0.226 e. The lowest BCUT2D eigenvalue weighted by Gasteiger charge is -2.46. The molecule has 2 atom stereocenters. The molecule has 4 nitrogen and oxygen atoms in total. The Kier molecular flexibility index (Phi) is 5.83. The zero-order valence-electron chi connectivity index (χ0n) is 15.5. The normalized spacial score (nSPS) is 30.4. The first-order chi connectivity index (χ1) is 11.6. The summed E-state index contributed by atoms with van der Waals surface area (Å²) in [6, 6.07) is 0.311. The molecule has 24 heavy (non-hydrogen) atoms. The molecular weight excluding hydrogens is 300 g/mol. The van der Waals surface area contributed by atoms with Crippen LogP contribution in [-0.2, 0) is 9.59 Å². The minimum atomic E-state index is 0.156. The van der Waals surface area contributed by atoms with Crippen molar-refractivity contribution in [3.05, 3.63) is 0 Å². The molecule has 3 rings (SSSR count). The Labute approximate surface area is 146 Å². The third-order valence-electron chi connectivity index (χ3n) is 6.46. The summed E-state index contributed by atoms with van der Waals surface area (Å²) in [6.07, 6.45) is 11.6. The van der Waals surface area contributed by atoms with Crippen molar-refractivity contribution in [3.8, 4) is 0 Å². The van der Waals surface area contributed by atoms with E-state index in [0.717, 1.165) is 38.8 Å². The van der Waals surface area contributed by atoms with E-state index in [-0.39, 0.29) is 23.9 Å². The minimum absolute atomic E-state index is 0.156. The molecule has 2 aliphatic carbocycles. The predicted octanol–water partition coefficient (Wildman–Crippen LogP) is 3.59. The van der Waals surface area contributed by atoms with Crippen LogP contribution in [-0.4, -0.2) is 46.8 Å². The topological polar surface area (TPSA) is 40.6 Å². The van der Waals surface area contributed by atoms with Crippen molar-refractivity contribution < 1.29 is 9.59 Å². The van der Waals surface area contributed by atoms with Crippen molar-refractivity contribution >= 4 is 11.8 Å². The van der Waals surface area contributed by atoms with Crippen LogP contribution >= 0.6 is 0 Å². The van der Waals surface area contributed by atoms with Gasteiger partial charge in [-0.25, -0.2) is 0 Å². The zero-order valence-corrected chi connectivity index (χ0v) is 15.5. The molecule has 0 radical (unpaired) electrons. The van der Waals surface area contributed by atoms with Crippen molar-refractivity contribution in [1.82, 2.24) is 9.80 Å². The summed E-state index contributed by atoms with van der Waals surface area (Å²) < 4.78 is 0. The summed E-state index contributed by atoms with van der Waals surface area (Å²) in [5.41, 5.74) is 0. The molecule has 0 spiro atoms. The van der Waals surface area contributed by atoms with Gasteiger partial charge in [-0.2, -0.15) is 0 Å². The van der Waals surface area contributed by atoms with Crippen molar-refractivity contribution in [2.45, 2.75) is 90.1 Å². The lowest BCUT2D eigenvalue weighted by Crippen LogP contribution is -2.61. The van der Waals surface area contributed by atoms with Crippen LogP contribution in [0.5, 0.6) is 0 Å². The van der Waals surface area contributed by atoms with Gasteiger partial charge in [-0.1, -0.05) is 38.5 Å². The van der Waals surface area contributed by atoms with E-state index < -0.39 is 0 Å². The average molecular weight is 335 g/mol. The summed E-state index contributed by atoms with van der Waals surface area (Å²) in [7, 11) is 0. The molecule has 0 aromatic heterocycles. The van der Waals surface area contributed by atoms with E-state index in [1.54, 1.807) is 0 Å². The van der Waals surface area contributed by atoms with Crippen LogP contribution in [0.2, 0.25) is 0 Å². The number of nitrogens with zero attached hydrogens (tertiary/aromatic N) is 2. The van der Waals surface area contributed by atoms with E-state index in [9.17, 15) is 9.59 Å². The standard InChI is InChI=1S/C20H34N2O2/c1-15-13-22(20(24)18-11-7-4-8-12-18)16(2)14-21(15)19(23)17-9-5-3-6-10-17/h15-18H,3-14H2,1-2H3/t15-,16-/m0/s1. The zero-order chi connectivity index (χ0) is 17.1. The highest BCUT2D eigenvalue weighted by Crippen LogP contribution is 2.30. The largest absolute Gasteiger partial charge is 0.336 e. The number of rotatable bonds is 2. The second-order valence-corrected chi connectivity index (χ2v) is 8.35. The van der Waals surface area contributed by atoms with Gasteiger partial charge in [-0.05, 0) is 39.5 Å². The molecule has 0 N–H and O–H groups in total. The summed E-state index contributed by atoms with van der Waals surface area (Å²) in [5, 5.41) is 0. The Hall–Kier alpha value is -1.06. The lowest BCUT2D eigenvalue weighted by atomic mass is 9.86. The molecular formula is C20H34N2O2. The summed E-state index contributed by atoms with van der Waals surface area (Å²) in [5.74, 6) is 1.15. The SMILES string of the molecule is C[C@H]1CN(C(=O)C2CCCCC2)[C@@H](C)CN1C(=O)C1CCCCC1. The average Bonchev–Trinajstić information content (AvgIpc) is 2.63. The molecule has 0 aromatic carbocycles. The molecule has 4 heteroatoms. The van der Waals surface area contributed by atoms with Crippen LogP contribution in [0.3, 0.4) is 0 Å². The first-order valence-electron chi connectivity index (χ1n) is 10.2. The van der Waals surface area contributed by atoms with Gasteiger partial charge in [-0.15, -0.1) is 0 Å². The van der Waals surface area contributed by atoms with Gasteiger partial charge in [0.2, 0.25) is 11.8 Å². The first-order valence-corrected chi connectivity index (χ1v) is 10.2. The third kappa shape index (κ3) is 3.78. The molecule has 1 saturated heterocycles. The summed E-state index contributed by atoms with van der Waals surface area (Å²) in [4.78, 5) is 30.0. The number of amides is 2. The van der Waals surface area contributed by atoms with Crippen LogP contribution in [0.25, 0.3) is 0 Å². The van der Waals surface area contributed by atoms with E-state index in [1.165, 1.54) is 38.5 Å². The molecule has 0 unspecified atom stereocenters. The molecule has 1 heterocycles. The van der Waals surface area contributed by atoms with Crippen LogP contribution < -0.4 is 0 Å². The van der Waals surface area contributed by atoms with Gasteiger partial charge in [0.15, 0.2) is 0 Å². The van der Waals surface area contributed by atoms with Gasteiger partial charge in [0.1, 0.15) is 0 Å². The number of carbonyl (C=O) groups is 2. The van der Waals surface area contributed by atoms with Gasteiger partial charge >= 0.3 is 0 Å². The Morgan fingerprint density at radius 2 is 0.958 bits per heavy atom. The highest BCUT2D eigenvalue weighted by atomic mass is 16.2. The molecule has 2 amide bonds. The van der Waals surface area contributed by atoms with Crippen molar-refractivity contribution in [1.29, 1.82) is 0 Å². The van der Waals surface area contributed by atoms with Crippen molar-refractivity contribution in [2.24, 2.45) is 11.8 Å². The molecule has 136 valence electrons. The van der Waals surface area contributed by atoms with E-state index in [1.807, 2.05) is 0 Å². The summed E-state index contributed by atoms with van der Waals surface area (Å²) in [6.45, 7) is 5.67. The third-order valence-corrected chi connectivity index (χ3v) is 6.46. The molecule has 1 aliphatic heterocycles. The van der Waals surface area contributed by atoms with Crippen LogP contribution in [0.1, 0.15) is 78.1 Å². The first kappa shape index (κ1) is 17.8. The van der Waals surface area contributed by atoms with Crippen LogP contribution in [0, 0.1) is 11.8 Å². The molecule has 0 aromatic rings. The predicted molar refractivity (Wildman–Crippen MR) is 95.5 cm³/mol. The van der Waals surface area contributed by atoms with Crippen LogP contribution in [0.15, 0.2) is 0 Å². The fourth-order valence-corrected chi connectivity index (χ4v) is 4.91. The van der Waals surface area contributed by atoms with E-state index in [4.69, 9.17) is 0 Å². The maximum absolute atomic E-state index is 12.9. The fraction of sp³-hybridized carbons (Fsp3) is 0.900. The number of piperazine rings is 1. The number of carbonyl (C=O) groups excluding carboxylic acids is 2. The number of hydrogen-bond donors (Lipinski definition) is 0. The highest BCUT2D eigenvalue weighted by Gasteiger charge is 2.38. The molecule has 3 fully saturated rings. The second-order valence-electron chi connectivity index (χ2n) is 8.35. The smallest absolute Gasteiger partial charge is 0.226 e. The van der Waals surface area contributed by atoms with Gasteiger partial charge in [0, 0.05) is 37.0 Å². The quantitative estimate of drug-likeness (QED) is 0.774. The summed E-state index contributed by atoms with van der Waals surface area (Å²) >= 11 is 0. The van der Waals surface area contributed by atoms with Gasteiger partial charge in [-0.3, -0.25) is 9.59 Å². The minimum Gasteiger partial charge on any atom is -0.336 e. The number of hydrogen-bond acceptors (Lipinski definition) is 2. The second kappa shape index (κ2) is 7.88. The Balaban J connectivity index is 1.60. The van der Waals surface area contributed by atoms with Crippen molar-refractivity contribution in [3.63, 3.8) is 0 Å². The van der Waals surface area contributed by atoms with Gasteiger partial charge in [0.25, 0.3) is 0 Å². The van der Waals surface area contributed by atoms with E-state index >= 15 is 0 Å². The van der Waals surface area contributed by atoms with E-state index in [2.05, 4.69) is 23.6 Å². The molecule has 2 saturated carbocycles. The van der Waals surface area contributed by atoms with E-state index in [0.29, 0.717) is 11.8 Å². The Morgan fingerprint density at radius 1 is 0.625 bits per heavy atom. The van der Waals surface area contributed by atoms with Gasteiger partial charge in [0.05, 0.1) is 0 Å². The van der Waals surface area contributed by atoms with Crippen molar-refractivity contribution in [2.75, 3.05) is 13.1 Å². The Bertz CT molecular complexity index is 411. The molecule has 3 aliphatic rings. The highest BCUT2D eigenvalue weighted by molar-refractivity contribution is 5.81. The Morgan fingerprint density at radius 3 is 1.29 bits per heavy atom.